The summed E-state index contributed by atoms with van der Waals surface area (Å²) in [5.41, 5.74) is 3.84. The van der Waals surface area contributed by atoms with Crippen molar-refractivity contribution in [2.24, 2.45) is 0 Å². The molecule has 6 heteroatoms. The molecule has 0 saturated carbocycles. The van der Waals surface area contributed by atoms with E-state index in [1.807, 2.05) is 63.2 Å². The highest BCUT2D eigenvalue weighted by Gasteiger charge is 2.35. The van der Waals surface area contributed by atoms with Gasteiger partial charge in [-0.05, 0) is 37.5 Å². The van der Waals surface area contributed by atoms with Crippen molar-refractivity contribution >= 4 is 27.4 Å². The topological polar surface area (TPSA) is 79.2 Å². The first-order valence-electron chi connectivity index (χ1n) is 11.3. The third kappa shape index (κ3) is 4.40. The number of allylic oxidation sites excluding steroid dienone is 3. The summed E-state index contributed by atoms with van der Waals surface area (Å²) in [6, 6.07) is 19.2. The number of carbonyl (C=O) groups is 1. The first-order valence-corrected chi connectivity index (χ1v) is 12.2. The predicted octanol–water partition coefficient (Wildman–Crippen LogP) is 6.03. The van der Waals surface area contributed by atoms with Gasteiger partial charge in [-0.1, -0.05) is 55.8 Å². The van der Waals surface area contributed by atoms with Crippen molar-refractivity contribution in [3.8, 4) is 16.5 Å². The fraction of sp³-hybridized carbons (Fsp3) is 0.250. The van der Waals surface area contributed by atoms with Crippen LogP contribution in [0, 0.1) is 11.3 Å². The molecule has 0 spiro atoms. The molecule has 5 nitrogen and oxygen atoms in total. The van der Waals surface area contributed by atoms with Crippen molar-refractivity contribution in [1.29, 1.82) is 5.26 Å². The van der Waals surface area contributed by atoms with Crippen LogP contribution in [0.2, 0.25) is 0 Å². The second-order valence-corrected chi connectivity index (χ2v) is 9.35. The van der Waals surface area contributed by atoms with E-state index >= 15 is 0 Å². The number of nitrogens with one attached hydrogen (secondary N) is 1. The Morgan fingerprint density at radius 3 is 2.59 bits per heavy atom. The average molecular weight is 471 g/mol. The fourth-order valence-corrected chi connectivity index (χ4v) is 5.50. The molecule has 0 saturated heterocycles. The highest BCUT2D eigenvalue weighted by molar-refractivity contribution is 7.21. The van der Waals surface area contributed by atoms with Crippen LogP contribution >= 0.6 is 11.3 Å². The number of hydrogen-bond acceptors (Lipinski definition) is 6. The smallest absolute Gasteiger partial charge is 0.336 e. The van der Waals surface area contributed by atoms with Gasteiger partial charge in [0, 0.05) is 32.4 Å². The van der Waals surface area contributed by atoms with Crippen LogP contribution in [-0.2, 0) is 9.53 Å². The van der Waals surface area contributed by atoms with Crippen molar-refractivity contribution in [1.82, 2.24) is 5.32 Å². The van der Waals surface area contributed by atoms with Gasteiger partial charge in [-0.2, -0.15) is 5.26 Å². The van der Waals surface area contributed by atoms with Gasteiger partial charge in [0.15, 0.2) is 5.43 Å². The third-order valence-corrected chi connectivity index (χ3v) is 7.22. The Labute approximate surface area is 203 Å². The molecule has 1 aliphatic heterocycles. The van der Waals surface area contributed by atoms with Gasteiger partial charge < -0.3 is 10.1 Å². The normalized spacial score (nSPS) is 15.8. The van der Waals surface area contributed by atoms with E-state index in [1.165, 1.54) is 11.3 Å². The van der Waals surface area contributed by atoms with Crippen LogP contribution in [0.15, 0.2) is 81.9 Å². The summed E-state index contributed by atoms with van der Waals surface area (Å²) in [4.78, 5) is 27.1. The molecule has 3 aromatic rings. The van der Waals surface area contributed by atoms with Crippen LogP contribution in [-0.4, -0.2) is 12.6 Å². The van der Waals surface area contributed by atoms with Gasteiger partial charge in [0.05, 0.1) is 29.7 Å². The second-order valence-electron chi connectivity index (χ2n) is 8.30. The van der Waals surface area contributed by atoms with E-state index in [0.29, 0.717) is 34.5 Å². The molecule has 1 unspecified atom stereocenters. The zero-order valence-corrected chi connectivity index (χ0v) is 20.3. The van der Waals surface area contributed by atoms with Crippen LogP contribution in [0.4, 0.5) is 0 Å². The number of benzene rings is 2. The molecule has 1 aromatic heterocycles. The summed E-state index contributed by atoms with van der Waals surface area (Å²) in [7, 11) is 0. The summed E-state index contributed by atoms with van der Waals surface area (Å²) < 4.78 is 6.35. The van der Waals surface area contributed by atoms with E-state index in [1.54, 1.807) is 12.1 Å². The molecule has 0 bridgehead atoms. The molecule has 2 heterocycles. The van der Waals surface area contributed by atoms with Gasteiger partial charge in [-0.15, -0.1) is 11.3 Å². The molecule has 0 amide bonds. The molecular formula is C28H26N2O3S. The molecule has 34 heavy (non-hydrogen) atoms. The third-order valence-electron chi connectivity index (χ3n) is 5.99. The van der Waals surface area contributed by atoms with Crippen LogP contribution in [0.3, 0.4) is 0 Å². The zero-order chi connectivity index (χ0) is 24.2. The van der Waals surface area contributed by atoms with Gasteiger partial charge in [0.2, 0.25) is 0 Å². The van der Waals surface area contributed by atoms with Crippen molar-refractivity contribution in [3.05, 3.63) is 92.9 Å². The standard InChI is InChI=1S/C28H26N2O3S/c1-4-5-14-33-28(32)25-18(3)30-17(2)22(16-29)26(25)21-13-9-12-20-23(31)15-24(34-27(20)21)19-10-7-6-8-11-19/h6-13,15,26,30H,4-5,14H2,1-3H3. The molecular weight excluding hydrogens is 444 g/mol. The molecule has 0 fully saturated rings. The minimum Gasteiger partial charge on any atom is -0.462 e. The van der Waals surface area contributed by atoms with Gasteiger partial charge in [0.25, 0.3) is 0 Å². The molecule has 0 radical (unpaired) electrons. The maximum atomic E-state index is 13.2. The fourth-order valence-electron chi connectivity index (χ4n) is 4.28. The molecule has 1 N–H and O–H groups in total. The van der Waals surface area contributed by atoms with E-state index in [2.05, 4.69) is 11.4 Å². The summed E-state index contributed by atoms with van der Waals surface area (Å²) in [5.74, 6) is -1.06. The van der Waals surface area contributed by atoms with Crippen molar-refractivity contribution in [2.75, 3.05) is 6.61 Å². The average Bonchev–Trinajstić information content (AvgIpc) is 2.84. The molecule has 1 aliphatic rings. The van der Waals surface area contributed by atoms with Crippen LogP contribution in [0.5, 0.6) is 0 Å². The molecule has 0 aliphatic carbocycles. The molecule has 2 aromatic carbocycles. The minimum absolute atomic E-state index is 0.0876. The van der Waals surface area contributed by atoms with Gasteiger partial charge in [-0.25, -0.2) is 4.79 Å². The number of hydrogen-bond donors (Lipinski definition) is 1. The molecule has 1 atom stereocenters. The lowest BCUT2D eigenvalue weighted by Gasteiger charge is -2.29. The summed E-state index contributed by atoms with van der Waals surface area (Å²) in [6.45, 7) is 6.01. The number of rotatable bonds is 6. The van der Waals surface area contributed by atoms with Gasteiger partial charge in [-0.3, -0.25) is 4.79 Å². The Morgan fingerprint density at radius 2 is 1.88 bits per heavy atom. The van der Waals surface area contributed by atoms with Crippen LogP contribution in [0.1, 0.15) is 45.1 Å². The number of dihydropyridines is 1. The highest BCUT2D eigenvalue weighted by Crippen LogP contribution is 2.42. The SMILES string of the molecule is CCCCOC(=O)C1=C(C)NC(C)=C(C#N)C1c1cccc2c(=O)cc(-c3ccccc3)sc12. The molecule has 4 rings (SSSR count). The van der Waals surface area contributed by atoms with Crippen LogP contribution < -0.4 is 10.7 Å². The van der Waals surface area contributed by atoms with E-state index in [9.17, 15) is 14.9 Å². The Kier molecular flexibility index (Phi) is 6.95. The first kappa shape index (κ1) is 23.5. The number of nitrogens with zero attached hydrogens (tertiary/aromatic N) is 1. The number of ether oxygens (including phenoxy) is 1. The van der Waals surface area contributed by atoms with Gasteiger partial charge >= 0.3 is 5.97 Å². The van der Waals surface area contributed by atoms with Crippen LogP contribution in [0.25, 0.3) is 20.5 Å². The number of carbonyl (C=O) groups excluding carboxylic acids is 1. The van der Waals surface area contributed by atoms with Crippen molar-refractivity contribution < 1.29 is 9.53 Å². The number of esters is 1. The quantitative estimate of drug-likeness (QED) is 0.351. The predicted molar refractivity (Wildman–Crippen MR) is 136 cm³/mol. The zero-order valence-electron chi connectivity index (χ0n) is 19.5. The lowest BCUT2D eigenvalue weighted by molar-refractivity contribution is -0.139. The Balaban J connectivity index is 1.94. The Bertz CT molecular complexity index is 1410. The molecule has 172 valence electrons. The van der Waals surface area contributed by atoms with E-state index in [0.717, 1.165) is 33.5 Å². The Hall–Kier alpha value is -3.69. The largest absolute Gasteiger partial charge is 0.462 e. The summed E-state index contributed by atoms with van der Waals surface area (Å²) in [6.07, 6.45) is 1.68. The lowest BCUT2D eigenvalue weighted by Crippen LogP contribution is -2.29. The van der Waals surface area contributed by atoms with E-state index < -0.39 is 11.9 Å². The number of unbranched alkanes of at least 4 members (excludes halogenated alkanes) is 1. The van der Waals surface area contributed by atoms with Gasteiger partial charge in [0.1, 0.15) is 0 Å². The van der Waals surface area contributed by atoms with E-state index in [4.69, 9.17) is 4.74 Å². The maximum Gasteiger partial charge on any atom is 0.336 e. The second kappa shape index (κ2) is 10.1. The summed E-state index contributed by atoms with van der Waals surface area (Å²) in [5, 5.41) is 13.8. The highest BCUT2D eigenvalue weighted by atomic mass is 32.1. The lowest BCUT2D eigenvalue weighted by atomic mass is 9.80. The monoisotopic (exact) mass is 470 g/mol. The first-order chi connectivity index (χ1) is 16.5. The van der Waals surface area contributed by atoms with E-state index in [-0.39, 0.29) is 5.43 Å². The maximum absolute atomic E-state index is 13.2. The summed E-state index contributed by atoms with van der Waals surface area (Å²) >= 11 is 1.50. The van der Waals surface area contributed by atoms with Crippen molar-refractivity contribution in [3.63, 3.8) is 0 Å². The van der Waals surface area contributed by atoms with Crippen molar-refractivity contribution in [2.45, 2.75) is 39.5 Å². The Morgan fingerprint density at radius 1 is 1.12 bits per heavy atom. The number of nitriles is 1. The number of fused-ring (bicyclic) bond motifs is 1. The minimum atomic E-state index is -0.620.